The first-order chi connectivity index (χ1) is 12.5. The number of benzene rings is 2. The van der Waals surface area contributed by atoms with Gasteiger partial charge in [0, 0.05) is 9.26 Å². The van der Waals surface area contributed by atoms with E-state index in [4.69, 9.17) is 9.26 Å². The first kappa shape index (κ1) is 18.4. The summed E-state index contributed by atoms with van der Waals surface area (Å²) in [5.41, 5.74) is 3.97. The van der Waals surface area contributed by atoms with Gasteiger partial charge in [-0.2, -0.15) is 0 Å². The van der Waals surface area contributed by atoms with E-state index in [0.717, 1.165) is 31.8 Å². The van der Waals surface area contributed by atoms with Gasteiger partial charge in [-0.3, -0.25) is 4.79 Å². The SMILES string of the molecule is Cc1cc(I)ccc1NC(=O)c1ccccc1OCc1c(C)noc1C. The van der Waals surface area contributed by atoms with Crippen LogP contribution in [-0.2, 0) is 6.61 Å². The van der Waals surface area contributed by atoms with Crippen molar-refractivity contribution in [1.29, 1.82) is 0 Å². The number of amides is 1. The Morgan fingerprint density at radius 1 is 1.19 bits per heavy atom. The van der Waals surface area contributed by atoms with Crippen molar-refractivity contribution >= 4 is 34.2 Å². The van der Waals surface area contributed by atoms with Crippen LogP contribution in [0.4, 0.5) is 5.69 Å². The molecule has 1 aromatic heterocycles. The van der Waals surface area contributed by atoms with E-state index in [1.807, 2.05) is 51.1 Å². The minimum Gasteiger partial charge on any atom is -0.488 e. The van der Waals surface area contributed by atoms with Crippen LogP contribution < -0.4 is 10.1 Å². The van der Waals surface area contributed by atoms with Crippen molar-refractivity contribution in [3.63, 3.8) is 0 Å². The first-order valence-electron chi connectivity index (χ1n) is 8.17. The van der Waals surface area contributed by atoms with Crippen LogP contribution in [0.1, 0.15) is 32.9 Å². The van der Waals surface area contributed by atoms with Gasteiger partial charge in [0.1, 0.15) is 18.1 Å². The molecule has 0 aliphatic carbocycles. The standard InChI is InChI=1S/C20H19IN2O3/c1-12-10-15(21)8-9-18(12)22-20(24)16-6-4-5-7-19(16)25-11-17-13(2)23-26-14(17)3/h4-10H,11H2,1-3H3,(H,22,24). The Morgan fingerprint density at radius 3 is 2.65 bits per heavy atom. The van der Waals surface area contributed by atoms with E-state index < -0.39 is 0 Å². The Morgan fingerprint density at radius 2 is 1.96 bits per heavy atom. The molecule has 0 bridgehead atoms. The number of halogens is 1. The quantitative estimate of drug-likeness (QED) is 0.540. The fourth-order valence-corrected chi connectivity index (χ4v) is 3.24. The first-order valence-corrected chi connectivity index (χ1v) is 9.24. The maximum Gasteiger partial charge on any atom is 0.259 e. The summed E-state index contributed by atoms with van der Waals surface area (Å²) in [5.74, 6) is 1.04. The molecule has 134 valence electrons. The highest BCUT2D eigenvalue weighted by Gasteiger charge is 2.15. The number of hydrogen-bond acceptors (Lipinski definition) is 4. The van der Waals surface area contributed by atoms with Crippen LogP contribution >= 0.6 is 22.6 Å². The van der Waals surface area contributed by atoms with Gasteiger partial charge in [-0.05, 0) is 79.3 Å². The molecule has 26 heavy (non-hydrogen) atoms. The van der Waals surface area contributed by atoms with Crippen LogP contribution in [-0.4, -0.2) is 11.1 Å². The number of carbonyl (C=O) groups is 1. The van der Waals surface area contributed by atoms with Crippen LogP contribution in [0.3, 0.4) is 0 Å². The molecule has 0 atom stereocenters. The minimum atomic E-state index is -0.205. The van der Waals surface area contributed by atoms with Gasteiger partial charge in [-0.25, -0.2) is 0 Å². The molecule has 0 radical (unpaired) electrons. The van der Waals surface area contributed by atoms with Crippen molar-refractivity contribution in [3.8, 4) is 5.75 Å². The highest BCUT2D eigenvalue weighted by Crippen LogP contribution is 2.24. The van der Waals surface area contributed by atoms with Gasteiger partial charge in [-0.1, -0.05) is 17.3 Å². The molecule has 2 aromatic carbocycles. The van der Waals surface area contributed by atoms with Gasteiger partial charge in [0.15, 0.2) is 0 Å². The van der Waals surface area contributed by atoms with Crippen molar-refractivity contribution in [3.05, 3.63) is 74.2 Å². The summed E-state index contributed by atoms with van der Waals surface area (Å²) in [6, 6.07) is 13.1. The molecular formula is C20H19IN2O3. The van der Waals surface area contributed by atoms with E-state index in [9.17, 15) is 4.79 Å². The number of ether oxygens (including phenoxy) is 1. The van der Waals surface area contributed by atoms with E-state index >= 15 is 0 Å². The molecule has 1 heterocycles. The second-order valence-corrected chi connectivity index (χ2v) is 7.25. The fraction of sp³-hybridized carbons (Fsp3) is 0.200. The van der Waals surface area contributed by atoms with Gasteiger partial charge in [0.25, 0.3) is 5.91 Å². The van der Waals surface area contributed by atoms with Crippen LogP contribution in [0.5, 0.6) is 5.75 Å². The number of para-hydroxylation sites is 1. The average Bonchev–Trinajstić information content (AvgIpc) is 2.94. The smallest absolute Gasteiger partial charge is 0.259 e. The van der Waals surface area contributed by atoms with Crippen molar-refractivity contribution < 1.29 is 14.1 Å². The van der Waals surface area contributed by atoms with Crippen LogP contribution in [0.2, 0.25) is 0 Å². The summed E-state index contributed by atoms with van der Waals surface area (Å²) in [5, 5.41) is 6.88. The maximum atomic E-state index is 12.7. The topological polar surface area (TPSA) is 64.4 Å². The fourth-order valence-electron chi connectivity index (χ4n) is 2.59. The lowest BCUT2D eigenvalue weighted by molar-refractivity contribution is 0.102. The number of hydrogen-bond donors (Lipinski definition) is 1. The molecule has 6 heteroatoms. The average molecular weight is 462 g/mol. The molecular weight excluding hydrogens is 443 g/mol. The predicted molar refractivity (Wildman–Crippen MR) is 109 cm³/mol. The molecule has 1 amide bonds. The summed E-state index contributed by atoms with van der Waals surface area (Å²) in [4.78, 5) is 12.7. The van der Waals surface area contributed by atoms with E-state index in [1.165, 1.54) is 0 Å². The predicted octanol–water partition coefficient (Wildman–Crippen LogP) is 5.04. The Kier molecular flexibility index (Phi) is 5.61. The molecule has 5 nitrogen and oxygen atoms in total. The lowest BCUT2D eigenvalue weighted by atomic mass is 10.1. The molecule has 0 aliphatic heterocycles. The third-order valence-electron chi connectivity index (χ3n) is 4.12. The van der Waals surface area contributed by atoms with Gasteiger partial charge in [-0.15, -0.1) is 0 Å². The molecule has 3 aromatic rings. The van der Waals surface area contributed by atoms with E-state index in [-0.39, 0.29) is 5.91 Å². The zero-order chi connectivity index (χ0) is 18.7. The largest absolute Gasteiger partial charge is 0.488 e. The van der Waals surface area contributed by atoms with E-state index in [2.05, 4.69) is 33.1 Å². The second kappa shape index (κ2) is 7.90. The maximum absolute atomic E-state index is 12.7. The zero-order valence-corrected chi connectivity index (χ0v) is 17.0. The summed E-state index contributed by atoms with van der Waals surface area (Å²) in [6.07, 6.45) is 0. The lowest BCUT2D eigenvalue weighted by Gasteiger charge is -2.13. The van der Waals surface area contributed by atoms with Gasteiger partial charge >= 0.3 is 0 Å². The van der Waals surface area contributed by atoms with E-state index in [0.29, 0.717) is 17.9 Å². The second-order valence-electron chi connectivity index (χ2n) is 6.00. The molecule has 0 fully saturated rings. The normalized spacial score (nSPS) is 10.6. The van der Waals surface area contributed by atoms with Crippen LogP contribution in [0.15, 0.2) is 47.0 Å². The van der Waals surface area contributed by atoms with Gasteiger partial charge < -0.3 is 14.6 Å². The van der Waals surface area contributed by atoms with Crippen LogP contribution in [0.25, 0.3) is 0 Å². The molecule has 0 unspecified atom stereocenters. The summed E-state index contributed by atoms with van der Waals surface area (Å²) in [6.45, 7) is 5.98. The molecule has 0 saturated heterocycles. The summed E-state index contributed by atoms with van der Waals surface area (Å²) < 4.78 is 12.2. The zero-order valence-electron chi connectivity index (χ0n) is 14.8. The Balaban J connectivity index is 1.79. The molecule has 0 spiro atoms. The number of aryl methyl sites for hydroxylation is 3. The highest BCUT2D eigenvalue weighted by atomic mass is 127. The number of nitrogens with zero attached hydrogens (tertiary/aromatic N) is 1. The number of nitrogens with one attached hydrogen (secondary N) is 1. The third kappa shape index (κ3) is 4.07. The van der Waals surface area contributed by atoms with E-state index in [1.54, 1.807) is 12.1 Å². The Hall–Kier alpha value is -2.35. The summed E-state index contributed by atoms with van der Waals surface area (Å²) >= 11 is 2.25. The molecule has 0 aliphatic rings. The molecule has 0 saturated carbocycles. The monoisotopic (exact) mass is 462 g/mol. The van der Waals surface area contributed by atoms with Gasteiger partial charge in [0.2, 0.25) is 0 Å². The van der Waals surface area contributed by atoms with Crippen molar-refractivity contribution in [2.24, 2.45) is 0 Å². The summed E-state index contributed by atoms with van der Waals surface area (Å²) in [7, 11) is 0. The Bertz CT molecular complexity index is 930. The van der Waals surface area contributed by atoms with Gasteiger partial charge in [0.05, 0.1) is 16.8 Å². The lowest BCUT2D eigenvalue weighted by Crippen LogP contribution is -2.14. The minimum absolute atomic E-state index is 0.205. The van der Waals surface area contributed by atoms with Crippen molar-refractivity contribution in [1.82, 2.24) is 5.16 Å². The van der Waals surface area contributed by atoms with Crippen LogP contribution in [0, 0.1) is 24.3 Å². The highest BCUT2D eigenvalue weighted by molar-refractivity contribution is 14.1. The molecule has 1 N–H and O–H groups in total. The molecule has 3 rings (SSSR count). The number of anilines is 1. The van der Waals surface area contributed by atoms with Crippen molar-refractivity contribution in [2.75, 3.05) is 5.32 Å². The third-order valence-corrected chi connectivity index (χ3v) is 4.79. The number of aromatic nitrogens is 1. The number of carbonyl (C=O) groups excluding carboxylic acids is 1. The van der Waals surface area contributed by atoms with Crippen molar-refractivity contribution in [2.45, 2.75) is 27.4 Å². The Labute approximate surface area is 165 Å². The number of rotatable bonds is 5.